The number of nitrogens with two attached hydrogens (primary N) is 1. The summed E-state index contributed by atoms with van der Waals surface area (Å²) in [5.74, 6) is 0.901. The van der Waals surface area contributed by atoms with E-state index in [1.165, 1.54) is 16.7 Å². The van der Waals surface area contributed by atoms with Gasteiger partial charge in [0, 0.05) is 6.04 Å². The zero-order chi connectivity index (χ0) is 14.4. The highest BCUT2D eigenvalue weighted by molar-refractivity contribution is 5.27. The monoisotopic (exact) mass is 269 g/mol. The summed E-state index contributed by atoms with van der Waals surface area (Å²) < 4.78 is 5.16. The normalized spacial score (nSPS) is 12.2. The van der Waals surface area contributed by atoms with E-state index < -0.39 is 0 Å². The van der Waals surface area contributed by atoms with Crippen LogP contribution in [-0.4, -0.2) is 13.2 Å². The lowest BCUT2D eigenvalue weighted by molar-refractivity contribution is 0.414. The average molecular weight is 269 g/mol. The Hall–Kier alpha value is -1.80. The van der Waals surface area contributed by atoms with Gasteiger partial charge in [-0.3, -0.25) is 0 Å². The molecule has 0 radical (unpaired) electrons. The molecule has 2 rings (SSSR count). The zero-order valence-electron chi connectivity index (χ0n) is 12.3. The van der Waals surface area contributed by atoms with Gasteiger partial charge in [0.2, 0.25) is 0 Å². The van der Waals surface area contributed by atoms with Gasteiger partial charge in [0.15, 0.2) is 0 Å². The van der Waals surface area contributed by atoms with E-state index in [4.69, 9.17) is 10.5 Å². The average Bonchev–Trinajstić information content (AvgIpc) is 2.48. The van der Waals surface area contributed by atoms with Crippen LogP contribution >= 0.6 is 0 Å². The molecule has 20 heavy (non-hydrogen) atoms. The molecule has 2 aromatic rings. The van der Waals surface area contributed by atoms with Crippen LogP contribution in [0.5, 0.6) is 5.75 Å². The van der Waals surface area contributed by atoms with Crippen LogP contribution in [0.25, 0.3) is 0 Å². The summed E-state index contributed by atoms with van der Waals surface area (Å²) in [5, 5.41) is 0. The van der Waals surface area contributed by atoms with Crippen LogP contribution in [0.3, 0.4) is 0 Å². The molecule has 0 amide bonds. The molecule has 2 heteroatoms. The van der Waals surface area contributed by atoms with Crippen molar-refractivity contribution in [2.75, 3.05) is 7.11 Å². The number of methoxy groups -OCH3 is 1. The fourth-order valence-electron chi connectivity index (χ4n) is 2.27. The van der Waals surface area contributed by atoms with Crippen molar-refractivity contribution in [1.29, 1.82) is 0 Å². The second-order valence-electron chi connectivity index (χ2n) is 5.34. The van der Waals surface area contributed by atoms with Gasteiger partial charge in [-0.05, 0) is 49.4 Å². The molecule has 0 saturated carbocycles. The summed E-state index contributed by atoms with van der Waals surface area (Å²) in [6, 6.07) is 17.1. The lowest BCUT2D eigenvalue weighted by Crippen LogP contribution is -2.23. The molecule has 0 saturated heterocycles. The molecule has 2 N–H and O–H groups in total. The minimum atomic E-state index is 0.208. The smallest absolute Gasteiger partial charge is 0.118 e. The van der Waals surface area contributed by atoms with E-state index in [0.29, 0.717) is 0 Å². The van der Waals surface area contributed by atoms with E-state index in [2.05, 4.69) is 43.3 Å². The summed E-state index contributed by atoms with van der Waals surface area (Å²) >= 11 is 0. The highest BCUT2D eigenvalue weighted by Gasteiger charge is 2.05. The first-order chi connectivity index (χ1) is 9.67. The third kappa shape index (κ3) is 4.39. The minimum absolute atomic E-state index is 0.208. The van der Waals surface area contributed by atoms with Crippen molar-refractivity contribution in [3.05, 3.63) is 65.2 Å². The molecule has 2 aromatic carbocycles. The maximum atomic E-state index is 6.22. The van der Waals surface area contributed by atoms with Crippen LogP contribution < -0.4 is 10.5 Å². The third-order valence-electron chi connectivity index (χ3n) is 3.58. The molecule has 0 bridgehead atoms. The van der Waals surface area contributed by atoms with Gasteiger partial charge in [-0.1, -0.05) is 42.0 Å². The SMILES string of the molecule is COc1ccc(CCC(N)Cc2ccc(C)cc2)cc1. The fourth-order valence-corrected chi connectivity index (χ4v) is 2.27. The Bertz CT molecular complexity index is 516. The molecule has 0 aliphatic carbocycles. The van der Waals surface area contributed by atoms with Crippen molar-refractivity contribution in [2.24, 2.45) is 5.73 Å². The van der Waals surface area contributed by atoms with Gasteiger partial charge in [-0.2, -0.15) is 0 Å². The van der Waals surface area contributed by atoms with Gasteiger partial charge < -0.3 is 10.5 Å². The summed E-state index contributed by atoms with van der Waals surface area (Å²) in [6.07, 6.45) is 2.95. The van der Waals surface area contributed by atoms with Crippen molar-refractivity contribution >= 4 is 0 Å². The molecular weight excluding hydrogens is 246 g/mol. The molecule has 2 nitrogen and oxygen atoms in total. The molecule has 0 heterocycles. The molecule has 1 unspecified atom stereocenters. The number of benzene rings is 2. The first-order valence-electron chi connectivity index (χ1n) is 7.11. The molecule has 0 aromatic heterocycles. The Labute approximate surface area is 121 Å². The predicted molar refractivity (Wildman–Crippen MR) is 84.2 cm³/mol. The molecule has 1 atom stereocenters. The predicted octanol–water partition coefficient (Wildman–Crippen LogP) is 3.51. The molecular formula is C18H23NO. The van der Waals surface area contributed by atoms with Crippen molar-refractivity contribution in [1.82, 2.24) is 0 Å². The van der Waals surface area contributed by atoms with Crippen molar-refractivity contribution in [3.63, 3.8) is 0 Å². The third-order valence-corrected chi connectivity index (χ3v) is 3.58. The Kier molecular flexibility index (Phi) is 5.19. The van der Waals surface area contributed by atoms with Crippen molar-refractivity contribution < 1.29 is 4.74 Å². The van der Waals surface area contributed by atoms with Gasteiger partial charge >= 0.3 is 0 Å². The van der Waals surface area contributed by atoms with Crippen LogP contribution in [0.1, 0.15) is 23.1 Å². The minimum Gasteiger partial charge on any atom is -0.497 e. The van der Waals surface area contributed by atoms with E-state index in [1.54, 1.807) is 7.11 Å². The summed E-state index contributed by atoms with van der Waals surface area (Å²) in [4.78, 5) is 0. The van der Waals surface area contributed by atoms with E-state index in [0.717, 1.165) is 25.0 Å². The van der Waals surface area contributed by atoms with Gasteiger partial charge in [-0.25, -0.2) is 0 Å². The number of ether oxygens (including phenoxy) is 1. The summed E-state index contributed by atoms with van der Waals surface area (Å²) in [7, 11) is 1.69. The van der Waals surface area contributed by atoms with Crippen molar-refractivity contribution in [3.8, 4) is 5.75 Å². The van der Waals surface area contributed by atoms with E-state index >= 15 is 0 Å². The van der Waals surface area contributed by atoms with Crippen LogP contribution in [0, 0.1) is 6.92 Å². The van der Waals surface area contributed by atoms with Crippen LogP contribution in [0.4, 0.5) is 0 Å². The largest absolute Gasteiger partial charge is 0.497 e. The lowest BCUT2D eigenvalue weighted by atomic mass is 9.99. The first kappa shape index (κ1) is 14.6. The van der Waals surface area contributed by atoms with Crippen molar-refractivity contribution in [2.45, 2.75) is 32.2 Å². The topological polar surface area (TPSA) is 35.2 Å². The van der Waals surface area contributed by atoms with E-state index in [9.17, 15) is 0 Å². The Morgan fingerprint density at radius 2 is 1.55 bits per heavy atom. The lowest BCUT2D eigenvalue weighted by Gasteiger charge is -2.12. The Morgan fingerprint density at radius 1 is 0.950 bits per heavy atom. The first-order valence-corrected chi connectivity index (χ1v) is 7.11. The number of rotatable bonds is 6. The van der Waals surface area contributed by atoms with Crippen LogP contribution in [0.15, 0.2) is 48.5 Å². The maximum Gasteiger partial charge on any atom is 0.118 e. The maximum absolute atomic E-state index is 6.22. The molecule has 0 spiro atoms. The summed E-state index contributed by atoms with van der Waals surface area (Å²) in [6.45, 7) is 2.10. The Balaban J connectivity index is 1.82. The van der Waals surface area contributed by atoms with Gasteiger partial charge in [0.25, 0.3) is 0 Å². The van der Waals surface area contributed by atoms with Crippen LogP contribution in [0.2, 0.25) is 0 Å². The van der Waals surface area contributed by atoms with Gasteiger partial charge in [-0.15, -0.1) is 0 Å². The quantitative estimate of drug-likeness (QED) is 0.871. The highest BCUT2D eigenvalue weighted by atomic mass is 16.5. The molecule has 0 fully saturated rings. The van der Waals surface area contributed by atoms with Gasteiger partial charge in [0.1, 0.15) is 5.75 Å². The number of hydrogen-bond acceptors (Lipinski definition) is 2. The van der Waals surface area contributed by atoms with E-state index in [1.807, 2.05) is 12.1 Å². The standard InChI is InChI=1S/C18H23NO/c1-14-3-5-16(6-4-14)13-17(19)10-7-15-8-11-18(20-2)12-9-15/h3-6,8-9,11-12,17H,7,10,13,19H2,1-2H3. The van der Waals surface area contributed by atoms with Crippen LogP contribution in [-0.2, 0) is 12.8 Å². The number of aryl methyl sites for hydroxylation is 2. The Morgan fingerprint density at radius 3 is 2.15 bits per heavy atom. The van der Waals surface area contributed by atoms with E-state index in [-0.39, 0.29) is 6.04 Å². The van der Waals surface area contributed by atoms with Gasteiger partial charge in [0.05, 0.1) is 7.11 Å². The summed E-state index contributed by atoms with van der Waals surface area (Å²) in [5.41, 5.74) is 10.1. The highest BCUT2D eigenvalue weighted by Crippen LogP contribution is 2.14. The molecule has 0 aliphatic heterocycles. The fraction of sp³-hybridized carbons (Fsp3) is 0.333. The second kappa shape index (κ2) is 7.11. The molecule has 106 valence electrons. The molecule has 0 aliphatic rings. The number of hydrogen-bond donors (Lipinski definition) is 1. The zero-order valence-corrected chi connectivity index (χ0v) is 12.3. The second-order valence-corrected chi connectivity index (χ2v) is 5.34.